The van der Waals surface area contributed by atoms with Gasteiger partial charge >= 0.3 is 11.9 Å². The molecule has 2 saturated heterocycles. The van der Waals surface area contributed by atoms with E-state index in [0.29, 0.717) is 91.5 Å². The number of aliphatic hydroxyl groups is 3. The van der Waals surface area contributed by atoms with Crippen LogP contribution in [0.4, 0.5) is 10.9 Å². The molecule has 6 fully saturated rings. The lowest BCUT2D eigenvalue weighted by Gasteiger charge is -2.69. The monoisotopic (exact) mass is 1530 g/mol. The van der Waals surface area contributed by atoms with Gasteiger partial charge in [-0.1, -0.05) is 84.2 Å². The van der Waals surface area contributed by atoms with Crippen LogP contribution in [0, 0.1) is 23.2 Å². The molecule has 13 rings (SSSR count). The first-order valence-corrected chi connectivity index (χ1v) is 37.4. The summed E-state index contributed by atoms with van der Waals surface area (Å²) in [6, 6.07) is 21.9. The maximum Gasteiger partial charge on any atom is 0.355 e. The summed E-state index contributed by atoms with van der Waals surface area (Å²) in [5, 5.41) is 64.9. The Balaban J connectivity index is 0.658. The zero-order valence-electron chi connectivity index (χ0n) is 56.2. The molecule has 7 aliphatic rings. The number of halogens is 1. The number of anilines is 2. The third-order valence-corrected chi connectivity index (χ3v) is 23.1. The van der Waals surface area contributed by atoms with Crippen molar-refractivity contribution in [1.82, 2.24) is 34.9 Å². The van der Waals surface area contributed by atoms with Gasteiger partial charge in [-0.15, -0.1) is 0 Å². The number of benzene rings is 3. The molecule has 27 nitrogen and oxygen atoms in total. The number of fused-ring (bicyclic) bond motifs is 2. The predicted molar refractivity (Wildman–Crippen MR) is 375 cm³/mol. The van der Waals surface area contributed by atoms with Crippen LogP contribution in [-0.2, 0) is 76.0 Å². The van der Waals surface area contributed by atoms with Gasteiger partial charge in [0.1, 0.15) is 17.7 Å². The molecule has 0 spiro atoms. The van der Waals surface area contributed by atoms with Crippen molar-refractivity contribution in [3.05, 3.63) is 118 Å². The summed E-state index contributed by atoms with van der Waals surface area (Å²) in [7, 11) is -2.50. The van der Waals surface area contributed by atoms with E-state index >= 15 is 0 Å². The third kappa shape index (κ3) is 16.6. The molecule has 3 aromatic heterocycles. The first-order chi connectivity index (χ1) is 47.5. The molecule has 30 heteroatoms. The number of aliphatic carboxylic acids is 1. The standard InChI is InChI=1S/C70H86IN9O18S2/c1-41-48(46-17-18-56(75-58(46)63(88)89)78-21-19-43-11-9-12-47(49(43)30-78)60(84)76-65-74-51-13-5-6-14-55(51)99-65)29-73-80(41)40-69-35-67(2)34-68(3,36-69)38-70(37-67,39-69)96-23-22-77(4)66(90)95-32-44-16-15-42(26-53(44)97-64-59(83)52(81)28-54(98-64)62(86)87)10-7-8-20-72-57(82)31-79-45(27-50(71)61(79)85)33-94-24-25-100(91,92)93/h5-6,9,11-18,26,29,45,50,52,54,59,64,66,81,83,90H,7-8,10,19-25,27-28,30-40H2,1-4H3,(H,72,82)(H,86,87)(H,88,89)(H,74,76,84)(H,91,92,93)/t45-,50-,52-,54-,59+,64+,66?,67?,68?,69?,70?/m0/s1. The van der Waals surface area contributed by atoms with Gasteiger partial charge in [-0.25, -0.2) is 19.6 Å². The van der Waals surface area contributed by atoms with Gasteiger partial charge in [-0.3, -0.25) is 33.8 Å². The van der Waals surface area contributed by atoms with Gasteiger partial charge < -0.3 is 64.3 Å². The number of pyridine rings is 1. The maximum absolute atomic E-state index is 13.8. The van der Waals surface area contributed by atoms with E-state index < -0.39 is 70.5 Å². The summed E-state index contributed by atoms with van der Waals surface area (Å²) in [4.78, 5) is 79.3. The minimum atomic E-state index is -4.22. The van der Waals surface area contributed by atoms with E-state index in [9.17, 15) is 57.9 Å². The molecule has 6 aromatic rings. The van der Waals surface area contributed by atoms with Crippen molar-refractivity contribution >= 4 is 94.9 Å². The number of carbonyl (C=O) groups excluding carboxylic acids is 3. The van der Waals surface area contributed by atoms with E-state index in [2.05, 4.69) is 29.5 Å². The predicted octanol–water partition coefficient (Wildman–Crippen LogP) is 6.98. The van der Waals surface area contributed by atoms with Crippen LogP contribution in [0.3, 0.4) is 0 Å². The highest BCUT2D eigenvalue weighted by atomic mass is 127. The number of carbonyl (C=O) groups is 5. The molecular formula is C70H86IN9O18S2. The zero-order chi connectivity index (χ0) is 71.1. The molecule has 100 heavy (non-hydrogen) atoms. The smallest absolute Gasteiger partial charge is 0.355 e. The average Bonchev–Trinajstić information content (AvgIpc) is 1.59. The Kier molecular flexibility index (Phi) is 21.8. The minimum Gasteiger partial charge on any atom is -0.479 e. The van der Waals surface area contributed by atoms with Crippen molar-refractivity contribution in [3.63, 3.8) is 0 Å². The fourth-order valence-corrected chi connectivity index (χ4v) is 19.0. The highest BCUT2D eigenvalue weighted by molar-refractivity contribution is 14.1. The molecule has 4 saturated carbocycles. The first kappa shape index (κ1) is 73.0. The molecule has 3 aromatic carbocycles. The third-order valence-electron chi connectivity index (χ3n) is 20.5. The number of aryl methyl sites for hydroxylation is 1. The molecule has 3 amide bonds. The fraction of sp³-hybridized carbons (Fsp3) is 0.543. The summed E-state index contributed by atoms with van der Waals surface area (Å²) in [5.41, 5.74) is 5.59. The number of unbranched alkanes of at least 4 members (excludes halogenated alkanes) is 1. The second kappa shape index (κ2) is 29.9. The molecule has 0 radical (unpaired) electrons. The molecule has 538 valence electrons. The van der Waals surface area contributed by atoms with Crippen LogP contribution in [0.5, 0.6) is 5.75 Å². The Bertz CT molecular complexity index is 4120. The van der Waals surface area contributed by atoms with E-state index in [1.807, 2.05) is 93.7 Å². The number of nitrogens with one attached hydrogen (secondary N) is 2. The van der Waals surface area contributed by atoms with Crippen LogP contribution in [0.25, 0.3) is 21.3 Å². The van der Waals surface area contributed by atoms with Crippen LogP contribution in [-0.4, -0.2) is 203 Å². The zero-order valence-corrected chi connectivity index (χ0v) is 60.0. The largest absolute Gasteiger partial charge is 0.479 e. The van der Waals surface area contributed by atoms with Gasteiger partial charge in [0.15, 0.2) is 16.9 Å². The Morgan fingerprint density at radius 1 is 0.930 bits per heavy atom. The van der Waals surface area contributed by atoms with Crippen LogP contribution in [0.1, 0.15) is 127 Å². The second-order valence-electron chi connectivity index (χ2n) is 28.7. The summed E-state index contributed by atoms with van der Waals surface area (Å²) in [5.74, 6) is -3.33. The van der Waals surface area contributed by atoms with E-state index in [4.69, 9.17) is 38.3 Å². The number of nitrogens with zero attached hydrogens (tertiary/aromatic N) is 7. The lowest BCUT2D eigenvalue weighted by molar-refractivity contribution is -0.253. The quantitative estimate of drug-likeness (QED) is 0.00740. The SMILES string of the molecule is Cc1c(-c2ccc(N3CCc4cccc(C(=O)Nc5nc6ccccc6s5)c4C3)nc2C(=O)O)cnn1CC12CC3(C)CC(C)(C1)CC(OCCN(C)C(O)OCc1ccc(CCCCNC(=O)CN4C(=O)[C@@H](I)C[C@H]4COCCS(=O)(=O)O)cc1O[C@@H]1O[C@H](C(=O)O)C[C@H](O)[C@H]1O)(C3)C2. The summed E-state index contributed by atoms with van der Waals surface area (Å²) < 4.78 is 64.1. The van der Waals surface area contributed by atoms with Crippen LogP contribution < -0.4 is 20.3 Å². The molecular weight excluding hydrogens is 1450 g/mol. The van der Waals surface area contributed by atoms with Crippen molar-refractivity contribution in [1.29, 1.82) is 0 Å². The number of hydrogen-bond donors (Lipinski definition) is 8. The number of amides is 3. The van der Waals surface area contributed by atoms with Crippen LogP contribution in [0.15, 0.2) is 79.0 Å². The van der Waals surface area contributed by atoms with Crippen molar-refractivity contribution < 1.29 is 86.2 Å². The number of likely N-dealkylation sites (tertiary alicyclic amines) is 1. The lowest BCUT2D eigenvalue weighted by Crippen LogP contribution is -2.64. The van der Waals surface area contributed by atoms with Gasteiger partial charge in [0.2, 0.25) is 24.5 Å². The van der Waals surface area contributed by atoms with Crippen molar-refractivity contribution in [3.8, 4) is 16.9 Å². The number of aromatic carboxylic acids is 1. The minimum absolute atomic E-state index is 0.00548. The van der Waals surface area contributed by atoms with Gasteiger partial charge in [0.05, 0.1) is 76.8 Å². The Morgan fingerprint density at radius 3 is 2.46 bits per heavy atom. The number of ether oxygens (including phenoxy) is 5. The Morgan fingerprint density at radius 2 is 1.71 bits per heavy atom. The van der Waals surface area contributed by atoms with Gasteiger partial charge in [-0.2, -0.15) is 13.5 Å². The summed E-state index contributed by atoms with van der Waals surface area (Å²) in [6.07, 6.45) is 2.07. The van der Waals surface area contributed by atoms with Gasteiger partial charge in [0, 0.05) is 67.1 Å². The van der Waals surface area contributed by atoms with Crippen molar-refractivity contribution in [2.24, 2.45) is 16.2 Å². The molecule has 3 aliphatic heterocycles. The normalized spacial score (nSPS) is 26.7. The summed E-state index contributed by atoms with van der Waals surface area (Å²) >= 11 is 3.41. The number of carboxylic acids is 2. The number of para-hydroxylation sites is 1. The van der Waals surface area contributed by atoms with Crippen molar-refractivity contribution in [2.75, 3.05) is 69.0 Å². The molecule has 8 N–H and O–H groups in total. The molecule has 4 bridgehead atoms. The molecule has 9 atom stereocenters. The Labute approximate surface area is 596 Å². The van der Waals surface area contributed by atoms with E-state index in [0.717, 1.165) is 71.1 Å². The molecule has 4 aliphatic carbocycles. The number of aliphatic hydroxyl groups excluding tert-OH is 3. The number of rotatable bonds is 30. The highest BCUT2D eigenvalue weighted by Gasteiger charge is 2.66. The number of alkyl halides is 1. The topological polar surface area (TPSA) is 364 Å². The molecule has 6 heterocycles. The van der Waals surface area contributed by atoms with E-state index in [-0.39, 0.29) is 95.3 Å². The lowest BCUT2D eigenvalue weighted by atomic mass is 9.39. The number of thiazole rings is 1. The number of hydrogen-bond acceptors (Lipinski definition) is 21. The summed E-state index contributed by atoms with van der Waals surface area (Å²) in [6.45, 7) is 8.43. The van der Waals surface area contributed by atoms with Crippen LogP contribution >= 0.6 is 33.9 Å². The highest BCUT2D eigenvalue weighted by Crippen LogP contribution is 2.72. The number of aromatic nitrogens is 4. The first-order valence-electron chi connectivity index (χ1n) is 33.8. The van der Waals surface area contributed by atoms with E-state index in [1.165, 1.54) is 16.2 Å². The van der Waals surface area contributed by atoms with E-state index in [1.54, 1.807) is 36.3 Å². The van der Waals surface area contributed by atoms with Gasteiger partial charge in [0.25, 0.3) is 16.0 Å². The van der Waals surface area contributed by atoms with Crippen LogP contribution in [0.2, 0.25) is 0 Å². The molecule has 3 unspecified atom stereocenters. The second-order valence-corrected chi connectivity index (χ2v) is 32.8. The Hall–Kier alpha value is -6.82. The van der Waals surface area contributed by atoms with Crippen molar-refractivity contribution in [2.45, 2.75) is 164 Å². The fourth-order valence-electron chi connectivity index (χ4n) is 16.9. The maximum atomic E-state index is 13.8. The number of carboxylic acid groups (broad SMARTS) is 2. The average molecular weight is 1530 g/mol. The number of likely N-dealkylation sites (N-methyl/N-ethyl adjacent to an activating group) is 1. The van der Waals surface area contributed by atoms with Gasteiger partial charge in [-0.05, 0) is 154 Å².